The first-order valence-electron chi connectivity index (χ1n) is 6.38. The Morgan fingerprint density at radius 3 is 2.60 bits per heavy atom. The molecule has 1 aromatic carbocycles. The highest BCUT2D eigenvalue weighted by atomic mass is 79.9. The SMILES string of the molecule is Cc1c(Br)cc(CN)cc1S(=O)(=O)NCCOC(C)C. The summed E-state index contributed by atoms with van der Waals surface area (Å²) in [6, 6.07) is 3.43. The van der Waals surface area contributed by atoms with E-state index in [2.05, 4.69) is 20.7 Å². The molecule has 1 aromatic rings. The van der Waals surface area contributed by atoms with Crippen molar-refractivity contribution in [1.82, 2.24) is 4.72 Å². The van der Waals surface area contributed by atoms with Gasteiger partial charge in [0.1, 0.15) is 0 Å². The second-order valence-electron chi connectivity index (χ2n) is 4.72. The smallest absolute Gasteiger partial charge is 0.240 e. The number of hydrogen-bond acceptors (Lipinski definition) is 4. The maximum Gasteiger partial charge on any atom is 0.240 e. The van der Waals surface area contributed by atoms with Gasteiger partial charge in [-0.25, -0.2) is 13.1 Å². The standard InChI is InChI=1S/C13H21BrN2O3S/c1-9(2)19-5-4-16-20(17,18)13-7-11(8-15)6-12(14)10(13)3/h6-7,9,16H,4-5,8,15H2,1-3H3. The van der Waals surface area contributed by atoms with Gasteiger partial charge in [0, 0.05) is 17.6 Å². The molecule has 114 valence electrons. The first kappa shape index (κ1) is 17.6. The normalized spacial score (nSPS) is 12.1. The fourth-order valence-electron chi connectivity index (χ4n) is 1.65. The van der Waals surface area contributed by atoms with Crippen LogP contribution in [-0.2, 0) is 21.3 Å². The zero-order chi connectivity index (χ0) is 15.3. The highest BCUT2D eigenvalue weighted by Crippen LogP contribution is 2.25. The molecular weight excluding hydrogens is 344 g/mol. The predicted molar refractivity (Wildman–Crippen MR) is 83.0 cm³/mol. The third kappa shape index (κ3) is 4.82. The number of nitrogens with one attached hydrogen (secondary N) is 1. The van der Waals surface area contributed by atoms with Crippen LogP contribution in [0.25, 0.3) is 0 Å². The summed E-state index contributed by atoms with van der Waals surface area (Å²) in [6.45, 7) is 6.43. The van der Waals surface area contributed by atoms with Gasteiger partial charge in [0.15, 0.2) is 0 Å². The van der Waals surface area contributed by atoms with Crippen molar-refractivity contribution in [3.05, 3.63) is 27.7 Å². The first-order valence-corrected chi connectivity index (χ1v) is 8.66. The van der Waals surface area contributed by atoms with Gasteiger partial charge in [0.05, 0.1) is 17.6 Å². The van der Waals surface area contributed by atoms with Crippen molar-refractivity contribution in [2.24, 2.45) is 5.73 Å². The maximum atomic E-state index is 12.3. The molecule has 0 atom stereocenters. The van der Waals surface area contributed by atoms with Crippen LogP contribution in [-0.4, -0.2) is 27.7 Å². The van der Waals surface area contributed by atoms with Crippen molar-refractivity contribution < 1.29 is 13.2 Å². The molecule has 0 bridgehead atoms. The zero-order valence-electron chi connectivity index (χ0n) is 11.9. The number of nitrogens with two attached hydrogens (primary N) is 1. The van der Waals surface area contributed by atoms with E-state index >= 15 is 0 Å². The van der Waals surface area contributed by atoms with Crippen molar-refractivity contribution >= 4 is 26.0 Å². The minimum Gasteiger partial charge on any atom is -0.377 e. The second kappa shape index (κ2) is 7.51. The molecule has 3 N–H and O–H groups in total. The van der Waals surface area contributed by atoms with Crippen molar-refractivity contribution in [2.75, 3.05) is 13.2 Å². The predicted octanol–water partition coefficient (Wildman–Crippen LogP) is 1.92. The van der Waals surface area contributed by atoms with E-state index in [0.29, 0.717) is 12.2 Å². The van der Waals surface area contributed by atoms with Crippen molar-refractivity contribution in [3.63, 3.8) is 0 Å². The fourth-order valence-corrected chi connectivity index (χ4v) is 3.62. The molecule has 0 fully saturated rings. The largest absolute Gasteiger partial charge is 0.377 e. The Morgan fingerprint density at radius 1 is 1.40 bits per heavy atom. The molecule has 5 nitrogen and oxygen atoms in total. The summed E-state index contributed by atoms with van der Waals surface area (Å²) in [5.74, 6) is 0. The second-order valence-corrected chi connectivity index (χ2v) is 7.31. The van der Waals surface area contributed by atoms with E-state index in [-0.39, 0.29) is 24.1 Å². The lowest BCUT2D eigenvalue weighted by molar-refractivity contribution is 0.0834. The van der Waals surface area contributed by atoms with E-state index in [1.54, 1.807) is 13.0 Å². The van der Waals surface area contributed by atoms with Gasteiger partial charge in [-0.05, 0) is 44.0 Å². The summed E-state index contributed by atoms with van der Waals surface area (Å²) in [7, 11) is -3.56. The van der Waals surface area contributed by atoms with Crippen LogP contribution in [0.3, 0.4) is 0 Å². The number of rotatable bonds is 7. The molecule has 1 rings (SSSR count). The third-order valence-corrected chi connectivity index (χ3v) is 5.14. The fraction of sp³-hybridized carbons (Fsp3) is 0.538. The molecule has 0 spiro atoms. The molecule has 0 saturated heterocycles. The molecule has 0 radical (unpaired) electrons. The van der Waals surface area contributed by atoms with Crippen LogP contribution in [0.4, 0.5) is 0 Å². The number of benzene rings is 1. The minimum absolute atomic E-state index is 0.0796. The van der Waals surface area contributed by atoms with Crippen LogP contribution in [0.2, 0.25) is 0 Å². The Labute approximate surface area is 129 Å². The van der Waals surface area contributed by atoms with Gasteiger partial charge in [-0.3, -0.25) is 0 Å². The number of sulfonamides is 1. The lowest BCUT2D eigenvalue weighted by atomic mass is 10.1. The molecular formula is C13H21BrN2O3S. The lowest BCUT2D eigenvalue weighted by Crippen LogP contribution is -2.29. The number of hydrogen-bond donors (Lipinski definition) is 2. The molecule has 0 saturated carbocycles. The van der Waals surface area contributed by atoms with E-state index in [9.17, 15) is 8.42 Å². The Hall–Kier alpha value is -0.470. The van der Waals surface area contributed by atoms with Crippen LogP contribution < -0.4 is 10.5 Å². The summed E-state index contributed by atoms with van der Waals surface area (Å²) >= 11 is 3.36. The van der Waals surface area contributed by atoms with Crippen molar-refractivity contribution in [3.8, 4) is 0 Å². The summed E-state index contributed by atoms with van der Waals surface area (Å²) < 4.78 is 33.2. The lowest BCUT2D eigenvalue weighted by Gasteiger charge is -2.13. The molecule has 0 aromatic heterocycles. The van der Waals surface area contributed by atoms with Gasteiger partial charge < -0.3 is 10.5 Å². The molecule has 7 heteroatoms. The quantitative estimate of drug-likeness (QED) is 0.724. The van der Waals surface area contributed by atoms with E-state index in [1.807, 2.05) is 19.9 Å². The first-order chi connectivity index (χ1) is 9.27. The third-order valence-electron chi connectivity index (χ3n) is 2.73. The summed E-state index contributed by atoms with van der Waals surface area (Å²) in [6.07, 6.45) is 0.0796. The Bertz CT molecular complexity index is 559. The van der Waals surface area contributed by atoms with Crippen molar-refractivity contribution in [1.29, 1.82) is 0 Å². The van der Waals surface area contributed by atoms with Crippen LogP contribution in [0, 0.1) is 6.92 Å². The van der Waals surface area contributed by atoms with E-state index in [4.69, 9.17) is 10.5 Å². The number of ether oxygens (including phenoxy) is 1. The highest BCUT2D eigenvalue weighted by Gasteiger charge is 2.18. The Morgan fingerprint density at radius 2 is 2.05 bits per heavy atom. The molecule has 0 heterocycles. The van der Waals surface area contributed by atoms with E-state index in [0.717, 1.165) is 10.0 Å². The minimum atomic E-state index is -3.56. The monoisotopic (exact) mass is 364 g/mol. The van der Waals surface area contributed by atoms with Gasteiger partial charge in [-0.2, -0.15) is 0 Å². The van der Waals surface area contributed by atoms with E-state index in [1.165, 1.54) is 0 Å². The molecule has 0 unspecified atom stereocenters. The van der Waals surface area contributed by atoms with Crippen LogP contribution >= 0.6 is 15.9 Å². The topological polar surface area (TPSA) is 81.4 Å². The molecule has 0 aliphatic heterocycles. The molecule has 0 aliphatic rings. The van der Waals surface area contributed by atoms with Crippen LogP contribution in [0.1, 0.15) is 25.0 Å². The van der Waals surface area contributed by atoms with Gasteiger partial charge >= 0.3 is 0 Å². The Kier molecular flexibility index (Phi) is 6.60. The molecule has 0 amide bonds. The average molecular weight is 365 g/mol. The van der Waals surface area contributed by atoms with Crippen molar-refractivity contribution in [2.45, 2.75) is 38.3 Å². The Balaban J connectivity index is 2.89. The molecule has 0 aliphatic carbocycles. The van der Waals surface area contributed by atoms with Crippen LogP contribution in [0.15, 0.2) is 21.5 Å². The van der Waals surface area contributed by atoms with Crippen LogP contribution in [0.5, 0.6) is 0 Å². The summed E-state index contributed by atoms with van der Waals surface area (Å²) in [5, 5.41) is 0. The zero-order valence-corrected chi connectivity index (χ0v) is 14.3. The maximum absolute atomic E-state index is 12.3. The van der Waals surface area contributed by atoms with E-state index < -0.39 is 10.0 Å². The summed E-state index contributed by atoms with van der Waals surface area (Å²) in [4.78, 5) is 0.247. The summed E-state index contributed by atoms with van der Waals surface area (Å²) in [5.41, 5.74) is 7.01. The van der Waals surface area contributed by atoms with Gasteiger partial charge in [0.2, 0.25) is 10.0 Å². The van der Waals surface area contributed by atoms with Gasteiger partial charge in [-0.1, -0.05) is 15.9 Å². The van der Waals surface area contributed by atoms with Gasteiger partial charge in [0.25, 0.3) is 0 Å². The van der Waals surface area contributed by atoms with Gasteiger partial charge in [-0.15, -0.1) is 0 Å². The molecule has 20 heavy (non-hydrogen) atoms. The number of halogens is 1. The highest BCUT2D eigenvalue weighted by molar-refractivity contribution is 9.10. The average Bonchev–Trinajstić information content (AvgIpc) is 2.37.